The topological polar surface area (TPSA) is 29.5 Å². The number of likely N-dealkylation sites (tertiary alicyclic amines) is 1. The predicted octanol–water partition coefficient (Wildman–Crippen LogP) is 9.63. The maximum absolute atomic E-state index is 14.2. The summed E-state index contributed by atoms with van der Waals surface area (Å²) in [5.74, 6) is -0.754. The summed E-state index contributed by atoms with van der Waals surface area (Å²) < 4.78 is 129. The van der Waals surface area contributed by atoms with Gasteiger partial charge in [0.25, 0.3) is 0 Å². The van der Waals surface area contributed by atoms with Crippen molar-refractivity contribution in [3.8, 4) is 0 Å². The van der Waals surface area contributed by atoms with Gasteiger partial charge in [0.1, 0.15) is 0 Å². The molecule has 1 unspecified atom stereocenters. The van der Waals surface area contributed by atoms with Crippen LogP contribution in [0.4, 0.5) is 39.5 Å². The molecular weight excluding hydrogens is 577 g/mol. The van der Waals surface area contributed by atoms with E-state index < -0.39 is 58.8 Å². The zero-order valence-electron chi connectivity index (χ0n) is 23.5. The molecule has 0 amide bonds. The summed E-state index contributed by atoms with van der Waals surface area (Å²) in [6, 6.07) is 3.74. The van der Waals surface area contributed by atoms with Gasteiger partial charge >= 0.3 is 24.5 Å². The molecule has 1 saturated heterocycles. The summed E-state index contributed by atoms with van der Waals surface area (Å²) in [4.78, 5) is 13.9. The molecule has 42 heavy (non-hydrogen) atoms. The van der Waals surface area contributed by atoms with Crippen LogP contribution >= 0.6 is 0 Å². The largest absolute Gasteiger partial charge is 0.466 e. The van der Waals surface area contributed by atoms with Crippen LogP contribution in [0.15, 0.2) is 42.5 Å². The lowest BCUT2D eigenvalue weighted by Crippen LogP contribution is -2.41. The third-order valence-corrected chi connectivity index (χ3v) is 7.60. The molecule has 12 heteroatoms. The van der Waals surface area contributed by atoms with Crippen LogP contribution in [0, 0.1) is 11.8 Å². The van der Waals surface area contributed by atoms with Crippen LogP contribution in [0.1, 0.15) is 92.8 Å². The van der Waals surface area contributed by atoms with Crippen LogP contribution < -0.4 is 0 Å². The SMILES string of the molecule is CCOC(=O)C[C@H]1CCN(C(CCC(C)C)c2cc(C(F)(F)F)ccc2C(F)(F)F)[C@H](c2ccc(C(F)(F)F)cc2)C1. The molecule has 234 valence electrons. The molecule has 0 spiro atoms. The van der Waals surface area contributed by atoms with Crippen molar-refractivity contribution in [2.75, 3.05) is 13.2 Å². The summed E-state index contributed by atoms with van der Waals surface area (Å²) in [5.41, 5.74) is -3.48. The van der Waals surface area contributed by atoms with Gasteiger partial charge in [0.15, 0.2) is 0 Å². The second-order valence-corrected chi connectivity index (χ2v) is 11.1. The van der Waals surface area contributed by atoms with Gasteiger partial charge in [-0.1, -0.05) is 26.0 Å². The fraction of sp³-hybridized carbons (Fsp3) is 0.567. The number of nitrogens with zero attached hydrogens (tertiary/aromatic N) is 1. The molecule has 1 aliphatic rings. The van der Waals surface area contributed by atoms with E-state index in [1.165, 1.54) is 12.1 Å². The van der Waals surface area contributed by atoms with Crippen molar-refractivity contribution < 1.29 is 49.0 Å². The Kier molecular flexibility index (Phi) is 10.7. The number of hydrogen-bond donors (Lipinski definition) is 0. The van der Waals surface area contributed by atoms with E-state index in [2.05, 4.69) is 0 Å². The van der Waals surface area contributed by atoms with Crippen LogP contribution in [0.25, 0.3) is 0 Å². The number of benzene rings is 2. The Morgan fingerprint density at radius 3 is 2.00 bits per heavy atom. The fourth-order valence-corrected chi connectivity index (χ4v) is 5.56. The van der Waals surface area contributed by atoms with Crippen LogP contribution in [-0.4, -0.2) is 24.0 Å². The standard InChI is InChI=1S/C30H34F9NO2/c1-4-42-27(41)16-19-13-14-40(26(15-19)20-6-8-21(9-7-20)28(31,32)33)25(12-5-18(2)3)23-17-22(29(34,35)36)10-11-24(23)30(37,38)39/h6-11,17-19,25-26H,4-5,12-16H2,1-3H3/t19-,25?,26-/m0/s1. The van der Waals surface area contributed by atoms with E-state index in [0.29, 0.717) is 36.6 Å². The maximum Gasteiger partial charge on any atom is 0.416 e. The average molecular weight is 612 g/mol. The molecule has 0 bridgehead atoms. The minimum atomic E-state index is -4.94. The highest BCUT2D eigenvalue weighted by molar-refractivity contribution is 5.69. The first-order valence-electron chi connectivity index (χ1n) is 13.8. The highest BCUT2D eigenvalue weighted by atomic mass is 19.4. The second kappa shape index (κ2) is 13.3. The number of halogens is 9. The first kappa shape index (κ1) is 33.7. The van der Waals surface area contributed by atoms with Gasteiger partial charge < -0.3 is 4.74 Å². The predicted molar refractivity (Wildman–Crippen MR) is 138 cm³/mol. The van der Waals surface area contributed by atoms with Gasteiger partial charge in [-0.3, -0.25) is 9.69 Å². The molecule has 2 aromatic rings. The van der Waals surface area contributed by atoms with Crippen LogP contribution in [0.5, 0.6) is 0 Å². The van der Waals surface area contributed by atoms with Crippen LogP contribution in [0.3, 0.4) is 0 Å². The Balaban J connectivity index is 2.16. The first-order chi connectivity index (χ1) is 19.4. The van der Waals surface area contributed by atoms with Gasteiger partial charge in [0, 0.05) is 18.5 Å². The molecule has 1 aliphatic heterocycles. The van der Waals surface area contributed by atoms with Gasteiger partial charge in [-0.2, -0.15) is 39.5 Å². The number of carbonyl (C=O) groups excluding carboxylic acids is 1. The fourth-order valence-electron chi connectivity index (χ4n) is 5.56. The summed E-state index contributed by atoms with van der Waals surface area (Å²) in [7, 11) is 0. The lowest BCUT2D eigenvalue weighted by molar-refractivity contribution is -0.145. The summed E-state index contributed by atoms with van der Waals surface area (Å²) in [6.45, 7) is 5.58. The number of hydrogen-bond acceptors (Lipinski definition) is 3. The zero-order valence-corrected chi connectivity index (χ0v) is 23.5. The highest BCUT2D eigenvalue weighted by Crippen LogP contribution is 2.47. The molecule has 0 aliphatic carbocycles. The minimum Gasteiger partial charge on any atom is -0.466 e. The van der Waals surface area contributed by atoms with Gasteiger partial charge in [-0.15, -0.1) is 0 Å². The summed E-state index contributed by atoms with van der Waals surface area (Å²) in [6.07, 6.45) is -13.4. The van der Waals surface area contributed by atoms with Crippen molar-refractivity contribution >= 4 is 5.97 Å². The molecule has 3 nitrogen and oxygen atoms in total. The van der Waals surface area contributed by atoms with Gasteiger partial charge in [-0.25, -0.2) is 0 Å². The van der Waals surface area contributed by atoms with Gasteiger partial charge in [0.05, 0.1) is 23.3 Å². The minimum absolute atomic E-state index is 0.00678. The Bertz CT molecular complexity index is 1190. The quantitative estimate of drug-likeness (QED) is 0.209. The van der Waals surface area contributed by atoms with E-state index in [1.54, 1.807) is 11.8 Å². The number of alkyl halides is 9. The molecule has 1 fully saturated rings. The molecular formula is C30H34F9NO2. The lowest BCUT2D eigenvalue weighted by Gasteiger charge is -2.45. The van der Waals surface area contributed by atoms with Crippen molar-refractivity contribution in [1.82, 2.24) is 4.90 Å². The molecule has 0 aromatic heterocycles. The molecule has 0 radical (unpaired) electrons. The number of carbonyl (C=O) groups is 1. The Morgan fingerprint density at radius 2 is 1.48 bits per heavy atom. The van der Waals surface area contributed by atoms with Gasteiger partial charge in [-0.05, 0) is 92.4 Å². The normalized spacial score (nSPS) is 19.6. The van der Waals surface area contributed by atoms with Crippen LogP contribution in [0.2, 0.25) is 0 Å². The molecule has 3 atom stereocenters. The molecule has 0 saturated carbocycles. The maximum atomic E-state index is 14.2. The third kappa shape index (κ3) is 8.64. The van der Waals surface area contributed by atoms with Crippen molar-refractivity contribution in [3.63, 3.8) is 0 Å². The lowest BCUT2D eigenvalue weighted by atomic mass is 9.81. The number of piperidine rings is 1. The Labute approximate surface area is 239 Å². The summed E-state index contributed by atoms with van der Waals surface area (Å²) >= 11 is 0. The smallest absolute Gasteiger partial charge is 0.416 e. The number of rotatable bonds is 9. The van der Waals surface area contributed by atoms with Crippen LogP contribution in [-0.2, 0) is 28.1 Å². The highest BCUT2D eigenvalue weighted by Gasteiger charge is 2.42. The Morgan fingerprint density at radius 1 is 0.881 bits per heavy atom. The van der Waals surface area contributed by atoms with E-state index in [1.807, 2.05) is 13.8 Å². The third-order valence-electron chi connectivity index (χ3n) is 7.60. The molecule has 1 heterocycles. The number of ether oxygens (including phenoxy) is 1. The van der Waals surface area contributed by atoms with Crippen molar-refractivity contribution in [2.24, 2.45) is 11.8 Å². The first-order valence-corrected chi connectivity index (χ1v) is 13.8. The van der Waals surface area contributed by atoms with E-state index in [-0.39, 0.29) is 44.2 Å². The number of esters is 1. The second-order valence-electron chi connectivity index (χ2n) is 11.1. The summed E-state index contributed by atoms with van der Waals surface area (Å²) in [5, 5.41) is 0. The molecule has 3 rings (SSSR count). The Hall–Kier alpha value is -2.76. The molecule has 2 aromatic carbocycles. The van der Waals surface area contributed by atoms with E-state index in [0.717, 1.165) is 12.1 Å². The van der Waals surface area contributed by atoms with E-state index in [4.69, 9.17) is 4.74 Å². The van der Waals surface area contributed by atoms with Gasteiger partial charge in [0.2, 0.25) is 0 Å². The van der Waals surface area contributed by atoms with E-state index >= 15 is 0 Å². The zero-order chi connectivity index (χ0) is 31.5. The van der Waals surface area contributed by atoms with Crippen molar-refractivity contribution in [2.45, 2.75) is 83.5 Å². The average Bonchev–Trinajstić information content (AvgIpc) is 2.87. The van der Waals surface area contributed by atoms with E-state index in [9.17, 15) is 44.3 Å². The van der Waals surface area contributed by atoms with Crippen molar-refractivity contribution in [1.29, 1.82) is 0 Å². The molecule has 0 N–H and O–H groups in total. The van der Waals surface area contributed by atoms with Crippen molar-refractivity contribution in [3.05, 3.63) is 70.3 Å². The monoisotopic (exact) mass is 611 g/mol.